The Bertz CT molecular complexity index is 497. The summed E-state index contributed by atoms with van der Waals surface area (Å²) in [7, 11) is 1.59. The smallest absolute Gasteiger partial charge is 0.258 e. The third-order valence-corrected chi connectivity index (χ3v) is 3.74. The van der Waals surface area contributed by atoms with E-state index in [1.807, 2.05) is 30.0 Å². The Kier molecular flexibility index (Phi) is 3.54. The number of carbonyl (C=O) groups excluding carboxylic acids is 1. The lowest BCUT2D eigenvalue weighted by Gasteiger charge is -2.31. The Balaban J connectivity index is 2.37. The summed E-state index contributed by atoms with van der Waals surface area (Å²) in [5.74, 6) is 0.616. The van der Waals surface area contributed by atoms with Crippen LogP contribution in [0.5, 0.6) is 5.75 Å². The second-order valence-electron chi connectivity index (χ2n) is 5.90. The summed E-state index contributed by atoms with van der Waals surface area (Å²) in [6.45, 7) is 6.68. The van der Waals surface area contributed by atoms with Gasteiger partial charge in [0.1, 0.15) is 5.75 Å². The van der Waals surface area contributed by atoms with Gasteiger partial charge in [0.05, 0.1) is 12.7 Å². The van der Waals surface area contributed by atoms with Crippen molar-refractivity contribution in [3.8, 4) is 5.75 Å². The molecule has 0 spiro atoms. The number of hydrogen-bond donors (Lipinski definition) is 1. The molecule has 0 aromatic heterocycles. The maximum absolute atomic E-state index is 12.7. The maximum Gasteiger partial charge on any atom is 0.258 e. The minimum atomic E-state index is -0.203. The van der Waals surface area contributed by atoms with Gasteiger partial charge in [0, 0.05) is 18.1 Å². The number of benzene rings is 1. The van der Waals surface area contributed by atoms with Crippen LogP contribution in [0, 0.1) is 6.92 Å². The molecule has 1 aromatic carbocycles. The molecule has 1 saturated heterocycles. The van der Waals surface area contributed by atoms with E-state index < -0.39 is 0 Å². The van der Waals surface area contributed by atoms with E-state index in [0.29, 0.717) is 17.9 Å². The molecule has 1 amide bonds. The summed E-state index contributed by atoms with van der Waals surface area (Å²) >= 11 is 0. The van der Waals surface area contributed by atoms with Crippen LogP contribution in [0.25, 0.3) is 0 Å². The van der Waals surface area contributed by atoms with Crippen LogP contribution in [0.2, 0.25) is 0 Å². The van der Waals surface area contributed by atoms with E-state index in [0.717, 1.165) is 12.0 Å². The van der Waals surface area contributed by atoms with Crippen LogP contribution in [0.4, 0.5) is 0 Å². The van der Waals surface area contributed by atoms with Crippen molar-refractivity contribution in [2.45, 2.75) is 38.8 Å². The molecule has 1 atom stereocenters. The predicted molar refractivity (Wildman–Crippen MR) is 75.4 cm³/mol. The van der Waals surface area contributed by atoms with Crippen molar-refractivity contribution >= 4 is 5.91 Å². The summed E-state index contributed by atoms with van der Waals surface area (Å²) in [5, 5.41) is 0. The first-order valence-corrected chi connectivity index (χ1v) is 6.57. The second-order valence-corrected chi connectivity index (χ2v) is 5.90. The van der Waals surface area contributed by atoms with Gasteiger partial charge in [-0.15, -0.1) is 0 Å². The number of likely N-dealkylation sites (tertiary alicyclic amines) is 1. The average molecular weight is 262 g/mol. The molecule has 1 fully saturated rings. The number of aryl methyl sites for hydroxylation is 1. The molecule has 1 aliphatic rings. The number of ether oxygens (including phenoxy) is 1. The Hall–Kier alpha value is -1.55. The molecule has 2 rings (SSSR count). The van der Waals surface area contributed by atoms with Gasteiger partial charge in [-0.1, -0.05) is 11.6 Å². The summed E-state index contributed by atoms with van der Waals surface area (Å²) in [5.41, 5.74) is 7.45. The number of nitrogens with zero attached hydrogens (tertiary/aromatic N) is 1. The van der Waals surface area contributed by atoms with E-state index in [-0.39, 0.29) is 17.5 Å². The predicted octanol–water partition coefficient (Wildman–Crippen LogP) is 1.96. The quantitative estimate of drug-likeness (QED) is 0.886. The highest BCUT2D eigenvalue weighted by atomic mass is 16.5. The first-order chi connectivity index (χ1) is 8.85. The molecule has 1 aliphatic heterocycles. The van der Waals surface area contributed by atoms with Crippen LogP contribution in [0.3, 0.4) is 0 Å². The third-order valence-electron chi connectivity index (χ3n) is 3.74. The largest absolute Gasteiger partial charge is 0.496 e. The van der Waals surface area contributed by atoms with Crippen molar-refractivity contribution in [3.05, 3.63) is 29.3 Å². The lowest BCUT2D eigenvalue weighted by molar-refractivity contribution is 0.0647. The van der Waals surface area contributed by atoms with Crippen molar-refractivity contribution in [2.24, 2.45) is 5.73 Å². The van der Waals surface area contributed by atoms with E-state index in [1.165, 1.54) is 0 Å². The molecule has 19 heavy (non-hydrogen) atoms. The number of methoxy groups -OCH3 is 1. The summed E-state index contributed by atoms with van der Waals surface area (Å²) in [6.07, 6.45) is 0.826. The van der Waals surface area contributed by atoms with Gasteiger partial charge in [-0.3, -0.25) is 4.79 Å². The first-order valence-electron chi connectivity index (χ1n) is 6.57. The van der Waals surface area contributed by atoms with Crippen LogP contribution >= 0.6 is 0 Å². The topological polar surface area (TPSA) is 55.6 Å². The molecule has 0 saturated carbocycles. The highest BCUT2D eigenvalue weighted by molar-refractivity contribution is 5.97. The maximum atomic E-state index is 12.7. The molecule has 1 heterocycles. The lowest BCUT2D eigenvalue weighted by atomic mass is 9.99. The van der Waals surface area contributed by atoms with Crippen LogP contribution < -0.4 is 10.5 Å². The molecule has 4 nitrogen and oxygen atoms in total. The van der Waals surface area contributed by atoms with Gasteiger partial charge in [0.25, 0.3) is 5.91 Å². The van der Waals surface area contributed by atoms with Crippen LogP contribution in [0.1, 0.15) is 36.2 Å². The number of nitrogens with two attached hydrogens (primary N) is 1. The van der Waals surface area contributed by atoms with Gasteiger partial charge in [-0.2, -0.15) is 0 Å². The lowest BCUT2D eigenvalue weighted by Crippen LogP contribution is -2.43. The molecular weight excluding hydrogens is 240 g/mol. The molecule has 1 unspecified atom stereocenters. The second kappa shape index (κ2) is 4.85. The zero-order valence-corrected chi connectivity index (χ0v) is 12.1. The highest BCUT2D eigenvalue weighted by Gasteiger charge is 2.40. The molecule has 104 valence electrons. The highest BCUT2D eigenvalue weighted by Crippen LogP contribution is 2.31. The van der Waals surface area contributed by atoms with Gasteiger partial charge < -0.3 is 15.4 Å². The van der Waals surface area contributed by atoms with Crippen molar-refractivity contribution < 1.29 is 9.53 Å². The fourth-order valence-electron chi connectivity index (χ4n) is 2.79. The van der Waals surface area contributed by atoms with E-state index in [9.17, 15) is 4.79 Å². The van der Waals surface area contributed by atoms with Gasteiger partial charge in [-0.25, -0.2) is 0 Å². The number of carbonyl (C=O) groups is 1. The van der Waals surface area contributed by atoms with Crippen LogP contribution in [0.15, 0.2) is 18.2 Å². The van der Waals surface area contributed by atoms with E-state index in [4.69, 9.17) is 10.5 Å². The number of rotatable bonds is 2. The normalized spacial score (nSPS) is 21.5. The van der Waals surface area contributed by atoms with E-state index in [2.05, 4.69) is 13.8 Å². The zero-order valence-electron chi connectivity index (χ0n) is 12.1. The summed E-state index contributed by atoms with van der Waals surface area (Å²) in [6, 6.07) is 5.71. The zero-order chi connectivity index (χ0) is 14.2. The molecule has 2 N–H and O–H groups in total. The molecular formula is C15H22N2O2. The van der Waals surface area contributed by atoms with E-state index >= 15 is 0 Å². The Morgan fingerprint density at radius 1 is 1.47 bits per heavy atom. The van der Waals surface area contributed by atoms with Gasteiger partial charge in [0.15, 0.2) is 0 Å². The van der Waals surface area contributed by atoms with Gasteiger partial charge in [-0.05, 0) is 39.3 Å². The van der Waals surface area contributed by atoms with Crippen molar-refractivity contribution in [3.63, 3.8) is 0 Å². The summed E-state index contributed by atoms with van der Waals surface area (Å²) in [4.78, 5) is 14.6. The molecule has 0 bridgehead atoms. The SMILES string of the molecule is COc1ccc(C)cc1C(=O)N1CC(N)CC1(C)C. The summed E-state index contributed by atoms with van der Waals surface area (Å²) < 4.78 is 5.30. The molecule has 0 aliphatic carbocycles. The number of hydrogen-bond acceptors (Lipinski definition) is 3. The molecule has 4 heteroatoms. The third kappa shape index (κ3) is 2.59. The van der Waals surface area contributed by atoms with Crippen LogP contribution in [-0.4, -0.2) is 36.0 Å². The first kappa shape index (κ1) is 13.9. The molecule has 0 radical (unpaired) electrons. The standard InChI is InChI=1S/C15H22N2O2/c1-10-5-6-13(19-4)12(7-10)14(18)17-9-11(16)8-15(17,2)3/h5-7,11H,8-9,16H2,1-4H3. The van der Waals surface area contributed by atoms with Gasteiger partial charge in [0.2, 0.25) is 0 Å². The Morgan fingerprint density at radius 2 is 2.16 bits per heavy atom. The van der Waals surface area contributed by atoms with Crippen molar-refractivity contribution in [2.75, 3.05) is 13.7 Å². The fraction of sp³-hybridized carbons (Fsp3) is 0.533. The van der Waals surface area contributed by atoms with Crippen molar-refractivity contribution in [1.82, 2.24) is 4.90 Å². The van der Waals surface area contributed by atoms with Gasteiger partial charge >= 0.3 is 0 Å². The Morgan fingerprint density at radius 3 is 2.68 bits per heavy atom. The Labute approximate surface area is 114 Å². The van der Waals surface area contributed by atoms with Crippen molar-refractivity contribution in [1.29, 1.82) is 0 Å². The van der Waals surface area contributed by atoms with E-state index in [1.54, 1.807) is 7.11 Å². The van der Waals surface area contributed by atoms with Crippen LogP contribution in [-0.2, 0) is 0 Å². The average Bonchev–Trinajstić information content (AvgIpc) is 2.61. The molecule has 1 aromatic rings. The monoisotopic (exact) mass is 262 g/mol. The fourth-order valence-corrected chi connectivity index (χ4v) is 2.79. The minimum absolute atomic E-state index is 0.00139. The number of amides is 1. The minimum Gasteiger partial charge on any atom is -0.496 e.